The molecule has 1 aliphatic rings. The van der Waals surface area contributed by atoms with Crippen LogP contribution in [-0.2, 0) is 0 Å². The minimum Gasteiger partial charge on any atom is -0.351 e. The highest BCUT2D eigenvalue weighted by atomic mass is 35.5. The second-order valence-corrected chi connectivity index (χ2v) is 5.81. The van der Waals surface area contributed by atoms with Crippen molar-refractivity contribution in [2.75, 3.05) is 39.3 Å². The Kier molecular flexibility index (Phi) is 8.73. The smallest absolute Gasteiger partial charge is 0.253 e. The Hall–Kier alpha value is -1.11. The molecule has 0 radical (unpaired) electrons. The maximum atomic E-state index is 12.4. The van der Waals surface area contributed by atoms with E-state index in [9.17, 15) is 4.79 Å². The summed E-state index contributed by atoms with van der Waals surface area (Å²) >= 11 is 6.10. The minimum absolute atomic E-state index is 0. The molecule has 1 aromatic carbocycles. The first-order valence-electron chi connectivity index (χ1n) is 7.49. The summed E-state index contributed by atoms with van der Waals surface area (Å²) in [5.74, 6) is -0.124. The third-order valence-electron chi connectivity index (χ3n) is 3.84. The SMILES string of the molecule is Cl.Cl.O=C(NCCN1CCNCC1)c1cc(Cl)cc2cccnc12. The molecule has 1 fully saturated rings. The Balaban J connectivity index is 0.00000144. The summed E-state index contributed by atoms with van der Waals surface area (Å²) < 4.78 is 0. The number of pyridine rings is 1. The van der Waals surface area contributed by atoms with Gasteiger partial charge in [-0.1, -0.05) is 17.7 Å². The lowest BCUT2D eigenvalue weighted by Crippen LogP contribution is -2.46. The summed E-state index contributed by atoms with van der Waals surface area (Å²) in [7, 11) is 0. The number of nitrogens with zero attached hydrogens (tertiary/aromatic N) is 2. The molecule has 0 saturated carbocycles. The van der Waals surface area contributed by atoms with Crippen molar-refractivity contribution in [3.05, 3.63) is 41.0 Å². The van der Waals surface area contributed by atoms with Gasteiger partial charge in [-0.3, -0.25) is 14.7 Å². The molecule has 2 N–H and O–H groups in total. The highest BCUT2D eigenvalue weighted by Gasteiger charge is 2.13. The molecule has 1 aliphatic heterocycles. The Morgan fingerprint density at radius 1 is 1.29 bits per heavy atom. The highest BCUT2D eigenvalue weighted by molar-refractivity contribution is 6.32. The largest absolute Gasteiger partial charge is 0.351 e. The van der Waals surface area contributed by atoms with E-state index in [4.69, 9.17) is 11.6 Å². The fourth-order valence-electron chi connectivity index (χ4n) is 2.69. The summed E-state index contributed by atoms with van der Waals surface area (Å²) in [5, 5.41) is 7.71. The molecule has 24 heavy (non-hydrogen) atoms. The summed E-state index contributed by atoms with van der Waals surface area (Å²) in [6, 6.07) is 7.24. The fraction of sp³-hybridized carbons (Fsp3) is 0.375. The Bertz CT molecular complexity index is 677. The first-order valence-corrected chi connectivity index (χ1v) is 7.87. The molecule has 0 bridgehead atoms. The molecule has 0 aliphatic carbocycles. The zero-order valence-corrected chi connectivity index (χ0v) is 15.5. The van der Waals surface area contributed by atoms with Gasteiger partial charge in [-0.05, 0) is 18.2 Å². The average Bonchev–Trinajstić information content (AvgIpc) is 2.55. The van der Waals surface area contributed by atoms with Crippen molar-refractivity contribution in [3.8, 4) is 0 Å². The molecule has 0 spiro atoms. The number of aromatic nitrogens is 1. The fourth-order valence-corrected chi connectivity index (χ4v) is 2.91. The quantitative estimate of drug-likeness (QED) is 0.840. The van der Waals surface area contributed by atoms with Crippen molar-refractivity contribution in [1.82, 2.24) is 20.5 Å². The van der Waals surface area contributed by atoms with Crippen LogP contribution in [0, 0.1) is 0 Å². The molecule has 3 rings (SSSR count). The van der Waals surface area contributed by atoms with Crippen molar-refractivity contribution in [1.29, 1.82) is 0 Å². The number of fused-ring (bicyclic) bond motifs is 1. The lowest BCUT2D eigenvalue weighted by Gasteiger charge is -2.27. The molecule has 0 atom stereocenters. The topological polar surface area (TPSA) is 57.3 Å². The molecule has 132 valence electrons. The number of piperazine rings is 1. The van der Waals surface area contributed by atoms with E-state index in [-0.39, 0.29) is 30.7 Å². The molecule has 8 heteroatoms. The maximum Gasteiger partial charge on any atom is 0.253 e. The van der Waals surface area contributed by atoms with E-state index in [1.165, 1.54) is 0 Å². The van der Waals surface area contributed by atoms with Crippen molar-refractivity contribution in [3.63, 3.8) is 0 Å². The second kappa shape index (κ2) is 10.0. The molecule has 1 saturated heterocycles. The van der Waals surface area contributed by atoms with Crippen molar-refractivity contribution < 1.29 is 4.79 Å². The number of hydrogen-bond donors (Lipinski definition) is 2. The van der Waals surface area contributed by atoms with Gasteiger partial charge in [0.25, 0.3) is 5.91 Å². The molecule has 1 aromatic heterocycles. The van der Waals surface area contributed by atoms with Gasteiger partial charge in [-0.2, -0.15) is 0 Å². The Labute approximate surface area is 159 Å². The molecule has 5 nitrogen and oxygen atoms in total. The van der Waals surface area contributed by atoms with Crippen LogP contribution in [0.5, 0.6) is 0 Å². The Morgan fingerprint density at radius 2 is 2.04 bits per heavy atom. The van der Waals surface area contributed by atoms with Gasteiger partial charge in [0.2, 0.25) is 0 Å². The van der Waals surface area contributed by atoms with Crippen molar-refractivity contribution in [2.24, 2.45) is 0 Å². The number of carbonyl (C=O) groups is 1. The van der Waals surface area contributed by atoms with Gasteiger partial charge in [-0.15, -0.1) is 24.8 Å². The van der Waals surface area contributed by atoms with E-state index in [0.29, 0.717) is 22.6 Å². The standard InChI is InChI=1S/C16H19ClN4O.2ClH/c17-13-10-12-2-1-3-19-15(12)14(11-13)16(22)20-6-9-21-7-4-18-5-8-21;;/h1-3,10-11,18H,4-9H2,(H,20,22);2*1H. The first kappa shape index (κ1) is 20.9. The van der Waals surface area contributed by atoms with Crippen molar-refractivity contribution >= 4 is 53.2 Å². The van der Waals surface area contributed by atoms with Gasteiger partial charge in [0.15, 0.2) is 0 Å². The van der Waals surface area contributed by atoms with Crippen LogP contribution >= 0.6 is 36.4 Å². The Morgan fingerprint density at radius 3 is 2.79 bits per heavy atom. The number of amides is 1. The second-order valence-electron chi connectivity index (χ2n) is 5.38. The maximum absolute atomic E-state index is 12.4. The molecule has 2 heterocycles. The summed E-state index contributed by atoms with van der Waals surface area (Å²) in [5.41, 5.74) is 1.22. The van der Waals surface area contributed by atoms with E-state index >= 15 is 0 Å². The molecule has 1 amide bonds. The summed E-state index contributed by atoms with van der Waals surface area (Å²) in [6.07, 6.45) is 1.69. The van der Waals surface area contributed by atoms with E-state index < -0.39 is 0 Å². The van der Waals surface area contributed by atoms with Crippen LogP contribution in [0.25, 0.3) is 10.9 Å². The van der Waals surface area contributed by atoms with Crippen LogP contribution in [0.3, 0.4) is 0 Å². The van der Waals surface area contributed by atoms with Crippen LogP contribution < -0.4 is 10.6 Å². The number of benzene rings is 1. The predicted molar refractivity (Wildman–Crippen MR) is 103 cm³/mol. The van der Waals surface area contributed by atoms with Gasteiger partial charge in [-0.25, -0.2) is 0 Å². The zero-order valence-electron chi connectivity index (χ0n) is 13.1. The third kappa shape index (κ3) is 5.19. The third-order valence-corrected chi connectivity index (χ3v) is 4.06. The highest BCUT2D eigenvalue weighted by Crippen LogP contribution is 2.22. The van der Waals surface area contributed by atoms with E-state index in [2.05, 4.69) is 20.5 Å². The summed E-state index contributed by atoms with van der Waals surface area (Å²) in [4.78, 5) is 19.1. The van der Waals surface area contributed by atoms with Crippen LogP contribution in [0.15, 0.2) is 30.5 Å². The number of nitrogens with one attached hydrogen (secondary N) is 2. The molecular formula is C16H21Cl3N4O. The molecule has 0 unspecified atom stereocenters. The van der Waals surface area contributed by atoms with Crippen LogP contribution in [0.1, 0.15) is 10.4 Å². The van der Waals surface area contributed by atoms with Gasteiger partial charge in [0.05, 0.1) is 11.1 Å². The number of hydrogen-bond acceptors (Lipinski definition) is 4. The zero-order chi connectivity index (χ0) is 15.4. The predicted octanol–water partition coefficient (Wildman–Crippen LogP) is 2.37. The van der Waals surface area contributed by atoms with Crippen molar-refractivity contribution in [2.45, 2.75) is 0 Å². The molecular weight excluding hydrogens is 371 g/mol. The van der Waals surface area contributed by atoms with Gasteiger partial charge in [0.1, 0.15) is 0 Å². The van der Waals surface area contributed by atoms with E-state index in [1.54, 1.807) is 12.3 Å². The summed E-state index contributed by atoms with van der Waals surface area (Å²) in [6.45, 7) is 5.56. The van der Waals surface area contributed by atoms with E-state index in [0.717, 1.165) is 38.1 Å². The number of rotatable bonds is 4. The van der Waals surface area contributed by atoms with Crippen LogP contribution in [-0.4, -0.2) is 55.1 Å². The molecule has 2 aromatic rings. The van der Waals surface area contributed by atoms with Gasteiger partial charge < -0.3 is 10.6 Å². The van der Waals surface area contributed by atoms with Gasteiger partial charge in [0, 0.05) is 55.9 Å². The number of carbonyl (C=O) groups excluding carboxylic acids is 1. The first-order chi connectivity index (χ1) is 10.7. The monoisotopic (exact) mass is 390 g/mol. The normalized spacial score (nSPS) is 14.5. The van der Waals surface area contributed by atoms with Crippen LogP contribution in [0.4, 0.5) is 0 Å². The lowest BCUT2D eigenvalue weighted by atomic mass is 10.1. The van der Waals surface area contributed by atoms with E-state index in [1.807, 2.05) is 18.2 Å². The lowest BCUT2D eigenvalue weighted by molar-refractivity contribution is 0.0948. The number of halogens is 3. The minimum atomic E-state index is -0.124. The average molecular weight is 392 g/mol. The van der Waals surface area contributed by atoms with Crippen LogP contribution in [0.2, 0.25) is 5.02 Å². The van der Waals surface area contributed by atoms with Gasteiger partial charge >= 0.3 is 0 Å².